The first-order valence-corrected chi connectivity index (χ1v) is 9.96. The van der Waals surface area contributed by atoms with Crippen LogP contribution < -0.4 is 5.32 Å². The molecule has 0 aromatic carbocycles. The lowest BCUT2D eigenvalue weighted by molar-refractivity contribution is -0.146. The number of esters is 1. The molecule has 1 aliphatic heterocycles. The topological polar surface area (TPSA) is 68.3 Å². The van der Waals surface area contributed by atoms with E-state index in [1.54, 1.807) is 12.4 Å². The molecule has 1 fully saturated rings. The number of carbonyl (C=O) groups excluding carboxylic acids is 2. The maximum atomic E-state index is 13.2. The number of carbonyl (C=O) groups is 2. The third-order valence-electron chi connectivity index (χ3n) is 5.93. The minimum absolute atomic E-state index is 0.0105. The number of aromatic nitrogens is 1. The van der Waals surface area contributed by atoms with E-state index in [9.17, 15) is 9.59 Å². The van der Waals surface area contributed by atoms with Gasteiger partial charge in [0.1, 0.15) is 11.9 Å². The Morgan fingerprint density at radius 1 is 1.15 bits per heavy atom. The highest BCUT2D eigenvalue weighted by molar-refractivity contribution is 5.96. The lowest BCUT2D eigenvalue weighted by atomic mass is 9.71. The summed E-state index contributed by atoms with van der Waals surface area (Å²) in [5, 5.41) is 3.32. The number of allylic oxidation sites excluding steroid dienone is 3. The Hall–Kier alpha value is -2.43. The molecule has 0 spiro atoms. The van der Waals surface area contributed by atoms with Crippen LogP contribution in [0.15, 0.2) is 47.6 Å². The summed E-state index contributed by atoms with van der Waals surface area (Å²) in [6.07, 6.45) is 12.1. The van der Waals surface area contributed by atoms with Crippen LogP contribution in [0.5, 0.6) is 0 Å². The largest absolute Gasteiger partial charge is 0.459 e. The molecule has 1 N–H and O–H groups in total. The zero-order valence-corrected chi connectivity index (χ0v) is 15.7. The van der Waals surface area contributed by atoms with Crippen molar-refractivity contribution in [3.63, 3.8) is 0 Å². The second kappa shape index (κ2) is 7.67. The molecule has 4 rings (SSSR count). The van der Waals surface area contributed by atoms with Crippen molar-refractivity contribution in [1.82, 2.24) is 10.3 Å². The van der Waals surface area contributed by atoms with Gasteiger partial charge in [-0.25, -0.2) is 4.79 Å². The van der Waals surface area contributed by atoms with Crippen LogP contribution in [0.4, 0.5) is 0 Å². The first kappa shape index (κ1) is 18.0. The summed E-state index contributed by atoms with van der Waals surface area (Å²) in [4.78, 5) is 30.1. The Bertz CT molecular complexity index is 791. The van der Waals surface area contributed by atoms with Crippen molar-refractivity contribution < 1.29 is 14.3 Å². The zero-order valence-electron chi connectivity index (χ0n) is 15.7. The standard InChI is InChI=1S/C22H26N2O3/c1-14-19(22(26)27-16-6-3-2-4-7-16)20(15-10-12-23-13-11-15)21-17(24-14)8-5-9-18(21)25/h8,10-13,16,20-21,24H,2-7,9H2,1H3. The average molecular weight is 366 g/mol. The molecule has 142 valence electrons. The van der Waals surface area contributed by atoms with Crippen LogP contribution in [0.2, 0.25) is 0 Å². The van der Waals surface area contributed by atoms with E-state index >= 15 is 0 Å². The monoisotopic (exact) mass is 366 g/mol. The second-order valence-electron chi connectivity index (χ2n) is 7.73. The maximum absolute atomic E-state index is 13.2. The number of ketones is 1. The number of hydrogen-bond acceptors (Lipinski definition) is 5. The number of ether oxygens (including phenoxy) is 1. The van der Waals surface area contributed by atoms with Gasteiger partial charge in [-0.15, -0.1) is 0 Å². The van der Waals surface area contributed by atoms with Gasteiger partial charge in [0, 0.05) is 36.1 Å². The fourth-order valence-corrected chi connectivity index (χ4v) is 4.61. The highest BCUT2D eigenvalue weighted by Gasteiger charge is 2.43. The number of fused-ring (bicyclic) bond motifs is 1. The van der Waals surface area contributed by atoms with Gasteiger partial charge in [0.2, 0.25) is 0 Å². The SMILES string of the molecule is CC1=C(C(=O)OC2CCCCC2)C(c2ccncc2)C2C(=O)CCC=C2N1. The van der Waals surface area contributed by atoms with Gasteiger partial charge in [0.05, 0.1) is 11.5 Å². The van der Waals surface area contributed by atoms with E-state index in [-0.39, 0.29) is 29.7 Å². The minimum atomic E-state index is -0.348. The number of rotatable bonds is 3. The molecule has 1 saturated carbocycles. The third kappa shape index (κ3) is 3.55. The van der Waals surface area contributed by atoms with Crippen LogP contribution in [0, 0.1) is 5.92 Å². The maximum Gasteiger partial charge on any atom is 0.336 e. The van der Waals surface area contributed by atoms with Crippen molar-refractivity contribution in [2.45, 2.75) is 63.9 Å². The van der Waals surface area contributed by atoms with Crippen molar-refractivity contribution in [1.29, 1.82) is 0 Å². The molecule has 0 radical (unpaired) electrons. The van der Waals surface area contributed by atoms with E-state index in [0.29, 0.717) is 12.0 Å². The van der Waals surface area contributed by atoms with Crippen molar-refractivity contribution >= 4 is 11.8 Å². The van der Waals surface area contributed by atoms with E-state index in [0.717, 1.165) is 49.1 Å². The fraction of sp³-hybridized carbons (Fsp3) is 0.500. The Labute approximate surface area is 159 Å². The summed E-state index contributed by atoms with van der Waals surface area (Å²) in [7, 11) is 0. The Morgan fingerprint density at radius 2 is 1.89 bits per heavy atom. The summed E-state index contributed by atoms with van der Waals surface area (Å²) in [5.41, 5.74) is 3.23. The van der Waals surface area contributed by atoms with Crippen molar-refractivity contribution in [2.24, 2.45) is 5.92 Å². The van der Waals surface area contributed by atoms with E-state index < -0.39 is 0 Å². The predicted octanol–water partition coefficient (Wildman–Crippen LogP) is 3.78. The molecule has 0 bridgehead atoms. The van der Waals surface area contributed by atoms with Crippen LogP contribution in [-0.2, 0) is 14.3 Å². The summed E-state index contributed by atoms with van der Waals surface area (Å²) in [6.45, 7) is 1.90. The smallest absolute Gasteiger partial charge is 0.336 e. The second-order valence-corrected chi connectivity index (χ2v) is 7.73. The Kier molecular flexibility index (Phi) is 5.10. The lowest BCUT2D eigenvalue weighted by Crippen LogP contribution is -2.41. The molecule has 0 amide bonds. The van der Waals surface area contributed by atoms with E-state index in [4.69, 9.17) is 4.74 Å². The number of nitrogens with zero attached hydrogens (tertiary/aromatic N) is 1. The molecule has 27 heavy (non-hydrogen) atoms. The van der Waals surface area contributed by atoms with E-state index in [2.05, 4.69) is 16.4 Å². The number of Topliss-reactive ketones (excluding diaryl/α,β-unsaturated/α-hetero) is 1. The van der Waals surface area contributed by atoms with Gasteiger partial charge in [0.15, 0.2) is 0 Å². The molecule has 2 unspecified atom stereocenters. The fourth-order valence-electron chi connectivity index (χ4n) is 4.61. The molecule has 0 saturated heterocycles. The van der Waals surface area contributed by atoms with Gasteiger partial charge < -0.3 is 10.1 Å². The van der Waals surface area contributed by atoms with Crippen LogP contribution >= 0.6 is 0 Å². The summed E-state index contributed by atoms with van der Waals surface area (Å²) in [5.74, 6) is -0.772. The molecular weight excluding hydrogens is 340 g/mol. The van der Waals surface area contributed by atoms with Crippen LogP contribution in [0.25, 0.3) is 0 Å². The first-order valence-electron chi connectivity index (χ1n) is 9.96. The highest BCUT2D eigenvalue weighted by Crippen LogP contribution is 2.44. The molecule has 1 aromatic heterocycles. The third-order valence-corrected chi connectivity index (χ3v) is 5.93. The van der Waals surface area contributed by atoms with Crippen molar-refractivity contribution in [3.8, 4) is 0 Å². The van der Waals surface area contributed by atoms with Gasteiger partial charge >= 0.3 is 5.97 Å². The minimum Gasteiger partial charge on any atom is -0.459 e. The summed E-state index contributed by atoms with van der Waals surface area (Å²) >= 11 is 0. The van der Waals surface area contributed by atoms with Gasteiger partial charge in [0.25, 0.3) is 0 Å². The number of nitrogens with one attached hydrogen (secondary N) is 1. The number of hydrogen-bond donors (Lipinski definition) is 1. The van der Waals surface area contributed by atoms with Crippen LogP contribution in [0.1, 0.15) is 63.4 Å². The summed E-state index contributed by atoms with van der Waals surface area (Å²) in [6, 6.07) is 3.80. The highest BCUT2D eigenvalue weighted by atomic mass is 16.5. The molecule has 5 heteroatoms. The van der Waals surface area contributed by atoms with Crippen molar-refractivity contribution in [3.05, 3.63) is 53.1 Å². The Balaban J connectivity index is 1.72. The molecule has 2 heterocycles. The van der Waals surface area contributed by atoms with Gasteiger partial charge in [-0.1, -0.05) is 12.5 Å². The number of pyridine rings is 1. The van der Waals surface area contributed by atoms with E-state index in [1.807, 2.05) is 19.1 Å². The first-order chi connectivity index (χ1) is 13.1. The van der Waals surface area contributed by atoms with Crippen molar-refractivity contribution in [2.75, 3.05) is 0 Å². The molecular formula is C22H26N2O3. The summed E-state index contributed by atoms with van der Waals surface area (Å²) < 4.78 is 5.88. The average Bonchev–Trinajstić information content (AvgIpc) is 2.68. The Morgan fingerprint density at radius 3 is 2.63 bits per heavy atom. The molecule has 3 aliphatic rings. The quantitative estimate of drug-likeness (QED) is 0.825. The van der Waals surface area contributed by atoms with Gasteiger partial charge in [-0.2, -0.15) is 0 Å². The zero-order chi connectivity index (χ0) is 18.8. The predicted molar refractivity (Wildman–Crippen MR) is 102 cm³/mol. The molecule has 2 atom stereocenters. The molecule has 5 nitrogen and oxygen atoms in total. The normalized spacial score (nSPS) is 26.1. The van der Waals surface area contributed by atoms with Gasteiger partial charge in [-0.3, -0.25) is 9.78 Å². The van der Waals surface area contributed by atoms with Crippen LogP contribution in [-0.4, -0.2) is 22.8 Å². The lowest BCUT2D eigenvalue weighted by Gasteiger charge is -2.38. The van der Waals surface area contributed by atoms with Crippen LogP contribution in [0.3, 0.4) is 0 Å². The van der Waals surface area contributed by atoms with E-state index in [1.165, 1.54) is 6.42 Å². The van der Waals surface area contributed by atoms with Gasteiger partial charge in [-0.05, 0) is 56.7 Å². The molecule has 2 aliphatic carbocycles. The molecule has 1 aromatic rings.